The predicted octanol–water partition coefficient (Wildman–Crippen LogP) is 4.15. The minimum Gasteiger partial charge on any atom is -0.493 e. The Bertz CT molecular complexity index is 914. The van der Waals surface area contributed by atoms with Crippen LogP contribution in [0.1, 0.15) is 35.6 Å². The third-order valence-electron chi connectivity index (χ3n) is 5.05. The normalized spacial score (nSPS) is 15.5. The molecule has 3 rings (SSSR count). The van der Waals surface area contributed by atoms with Gasteiger partial charge in [0.1, 0.15) is 6.07 Å². The highest BCUT2D eigenvalue weighted by atomic mass is 16.5. The van der Waals surface area contributed by atoms with E-state index in [1.165, 1.54) is 11.1 Å². The molecule has 1 aliphatic carbocycles. The lowest BCUT2D eigenvalue weighted by Crippen LogP contribution is -2.32. The molecule has 2 aromatic rings. The van der Waals surface area contributed by atoms with Gasteiger partial charge < -0.3 is 14.4 Å². The summed E-state index contributed by atoms with van der Waals surface area (Å²) in [4.78, 5) is 14.6. The fourth-order valence-electron chi connectivity index (χ4n) is 3.59. The molecule has 1 aliphatic rings. The number of hydrogen-bond donors (Lipinski definition) is 0. The van der Waals surface area contributed by atoms with Gasteiger partial charge in [-0.15, -0.1) is 0 Å². The zero-order valence-corrected chi connectivity index (χ0v) is 16.2. The van der Waals surface area contributed by atoms with Crippen molar-refractivity contribution in [2.24, 2.45) is 0 Å². The van der Waals surface area contributed by atoms with Gasteiger partial charge in [0.05, 0.1) is 13.2 Å². The van der Waals surface area contributed by atoms with Gasteiger partial charge in [-0.1, -0.05) is 30.3 Å². The number of nitrogens with zero attached hydrogens (tertiary/aromatic N) is 2. The Morgan fingerprint density at radius 1 is 1.29 bits per heavy atom. The molecule has 1 unspecified atom stereocenters. The molecule has 0 saturated heterocycles. The molecule has 5 nitrogen and oxygen atoms in total. The first-order valence-corrected chi connectivity index (χ1v) is 9.34. The van der Waals surface area contributed by atoms with E-state index < -0.39 is 0 Å². The van der Waals surface area contributed by atoms with Crippen molar-refractivity contribution >= 4 is 12.0 Å². The van der Waals surface area contributed by atoms with Gasteiger partial charge in [0.25, 0.3) is 0 Å². The van der Waals surface area contributed by atoms with Crippen molar-refractivity contribution in [2.45, 2.75) is 25.3 Å². The zero-order valence-electron chi connectivity index (χ0n) is 16.2. The van der Waals surface area contributed by atoms with E-state index in [-0.39, 0.29) is 18.6 Å². The molecule has 0 heterocycles. The van der Waals surface area contributed by atoms with Crippen molar-refractivity contribution in [1.29, 1.82) is 5.26 Å². The minimum absolute atomic E-state index is 0.0366. The van der Waals surface area contributed by atoms with E-state index in [2.05, 4.69) is 18.2 Å². The number of likely N-dealkylation sites (N-methyl/N-ethyl adjacent to an activating group) is 1. The molecule has 0 fully saturated rings. The molecule has 28 heavy (non-hydrogen) atoms. The summed E-state index contributed by atoms with van der Waals surface area (Å²) in [6.45, 7) is -0.0440. The van der Waals surface area contributed by atoms with Crippen molar-refractivity contribution in [1.82, 2.24) is 4.90 Å². The smallest absolute Gasteiger partial charge is 0.246 e. The molecular formula is C23H24N2O3. The first kappa shape index (κ1) is 19.5. The first-order valence-electron chi connectivity index (χ1n) is 9.34. The van der Waals surface area contributed by atoms with E-state index >= 15 is 0 Å². The number of ether oxygens (including phenoxy) is 2. The maximum absolute atomic E-state index is 12.7. The van der Waals surface area contributed by atoms with Crippen LogP contribution in [0.15, 0.2) is 48.5 Å². The summed E-state index contributed by atoms with van der Waals surface area (Å²) in [5.74, 6) is 0.994. The van der Waals surface area contributed by atoms with Gasteiger partial charge in [-0.3, -0.25) is 4.79 Å². The highest BCUT2D eigenvalue weighted by Gasteiger charge is 2.25. The fourth-order valence-corrected chi connectivity index (χ4v) is 3.59. The van der Waals surface area contributed by atoms with Crippen LogP contribution in [0.5, 0.6) is 11.5 Å². The van der Waals surface area contributed by atoms with E-state index in [0.717, 1.165) is 24.8 Å². The van der Waals surface area contributed by atoms with Crippen molar-refractivity contribution in [3.63, 3.8) is 0 Å². The summed E-state index contributed by atoms with van der Waals surface area (Å²) in [5.41, 5.74) is 3.41. The number of nitriles is 1. The molecule has 0 bridgehead atoms. The van der Waals surface area contributed by atoms with Crippen LogP contribution in [0.2, 0.25) is 0 Å². The lowest BCUT2D eigenvalue weighted by atomic mass is 9.87. The van der Waals surface area contributed by atoms with Gasteiger partial charge in [0, 0.05) is 13.1 Å². The van der Waals surface area contributed by atoms with Crippen molar-refractivity contribution in [2.75, 3.05) is 20.8 Å². The third kappa shape index (κ3) is 4.34. The van der Waals surface area contributed by atoms with Crippen LogP contribution >= 0.6 is 0 Å². The number of methoxy groups -OCH3 is 1. The van der Waals surface area contributed by atoms with E-state index in [9.17, 15) is 4.79 Å². The lowest BCUT2D eigenvalue weighted by Gasteiger charge is -2.32. The van der Waals surface area contributed by atoms with Gasteiger partial charge in [-0.2, -0.15) is 5.26 Å². The topological polar surface area (TPSA) is 62.6 Å². The Balaban J connectivity index is 1.72. The average molecular weight is 376 g/mol. The Kier molecular flexibility index (Phi) is 6.33. The van der Waals surface area contributed by atoms with E-state index in [1.54, 1.807) is 31.4 Å². The monoisotopic (exact) mass is 376 g/mol. The van der Waals surface area contributed by atoms with Crippen LogP contribution in [0.4, 0.5) is 0 Å². The third-order valence-corrected chi connectivity index (χ3v) is 5.05. The molecule has 0 spiro atoms. The summed E-state index contributed by atoms with van der Waals surface area (Å²) < 4.78 is 10.6. The summed E-state index contributed by atoms with van der Waals surface area (Å²) >= 11 is 0. The minimum atomic E-state index is -0.0440. The lowest BCUT2D eigenvalue weighted by molar-refractivity contribution is -0.127. The van der Waals surface area contributed by atoms with Crippen LogP contribution in [-0.2, 0) is 11.2 Å². The fraction of sp³-hybridized carbons (Fsp3) is 0.304. The van der Waals surface area contributed by atoms with Crippen molar-refractivity contribution in [3.05, 3.63) is 65.2 Å². The maximum Gasteiger partial charge on any atom is 0.246 e. The Morgan fingerprint density at radius 2 is 2.11 bits per heavy atom. The number of aryl methyl sites for hydroxylation is 1. The second-order valence-corrected chi connectivity index (χ2v) is 6.75. The molecule has 0 N–H and O–H groups in total. The summed E-state index contributed by atoms with van der Waals surface area (Å²) in [7, 11) is 3.40. The summed E-state index contributed by atoms with van der Waals surface area (Å²) in [6, 6.07) is 15.8. The molecule has 0 saturated carbocycles. The van der Waals surface area contributed by atoms with Gasteiger partial charge in [0.15, 0.2) is 18.1 Å². The largest absolute Gasteiger partial charge is 0.493 e. The van der Waals surface area contributed by atoms with E-state index in [4.69, 9.17) is 14.7 Å². The molecule has 1 atom stereocenters. The van der Waals surface area contributed by atoms with E-state index in [0.29, 0.717) is 11.5 Å². The van der Waals surface area contributed by atoms with Crippen LogP contribution in [0.3, 0.4) is 0 Å². The Labute approximate surface area is 165 Å². The maximum atomic E-state index is 12.7. The molecule has 5 heteroatoms. The molecule has 0 aromatic heterocycles. The van der Waals surface area contributed by atoms with Gasteiger partial charge in [-0.25, -0.2) is 0 Å². The second-order valence-electron chi connectivity index (χ2n) is 6.75. The predicted molar refractivity (Wildman–Crippen MR) is 108 cm³/mol. The molecule has 2 aromatic carbocycles. The average Bonchev–Trinajstić information content (AvgIpc) is 2.75. The number of amides is 1. The number of fused-ring (bicyclic) bond motifs is 1. The summed E-state index contributed by atoms with van der Waals surface area (Å²) in [6.07, 6.45) is 6.49. The van der Waals surface area contributed by atoms with Crippen LogP contribution in [-0.4, -0.2) is 31.6 Å². The number of carbonyl (C=O) groups is 1. The molecule has 0 radical (unpaired) electrons. The second kappa shape index (κ2) is 9.09. The van der Waals surface area contributed by atoms with Crippen LogP contribution in [0.25, 0.3) is 6.08 Å². The first-order chi connectivity index (χ1) is 13.6. The van der Waals surface area contributed by atoms with Gasteiger partial charge in [0.2, 0.25) is 5.91 Å². The molecule has 1 amide bonds. The molecule has 0 aliphatic heterocycles. The van der Waals surface area contributed by atoms with Crippen molar-refractivity contribution in [3.8, 4) is 17.6 Å². The number of benzene rings is 2. The van der Waals surface area contributed by atoms with E-state index in [1.807, 2.05) is 30.1 Å². The van der Waals surface area contributed by atoms with Gasteiger partial charge >= 0.3 is 0 Å². The molecule has 144 valence electrons. The molecular weight excluding hydrogens is 352 g/mol. The number of hydrogen-bond acceptors (Lipinski definition) is 4. The van der Waals surface area contributed by atoms with Crippen LogP contribution < -0.4 is 9.47 Å². The summed E-state index contributed by atoms with van der Waals surface area (Å²) in [5, 5.41) is 8.64. The zero-order chi connectivity index (χ0) is 19.9. The SMILES string of the molecule is COc1cc(/C=C/C(=O)N(C)C2CCCc3ccccc32)ccc1OCC#N. The standard InChI is InChI=1S/C23H24N2O3/c1-25(20-9-5-7-18-6-3-4-8-19(18)20)23(26)13-11-17-10-12-21(28-15-14-24)22(16-17)27-2/h3-4,6,8,10-13,16,20H,5,7,9,15H2,1-2H3/b13-11+. The van der Waals surface area contributed by atoms with Crippen LogP contribution in [0, 0.1) is 11.3 Å². The number of carbonyl (C=O) groups excluding carboxylic acids is 1. The Hall–Kier alpha value is -3.26. The number of rotatable bonds is 6. The highest BCUT2D eigenvalue weighted by Crippen LogP contribution is 2.33. The quantitative estimate of drug-likeness (QED) is 0.711. The van der Waals surface area contributed by atoms with Crippen molar-refractivity contribution < 1.29 is 14.3 Å². The Morgan fingerprint density at radius 3 is 2.89 bits per heavy atom. The highest BCUT2D eigenvalue weighted by molar-refractivity contribution is 5.92. The van der Waals surface area contributed by atoms with Gasteiger partial charge in [-0.05, 0) is 54.2 Å².